The minimum atomic E-state index is 0.0329. The number of carbonyl (C=O) groups excluding carboxylic acids is 1. The molecule has 0 spiro atoms. The Morgan fingerprint density at radius 2 is 2.33 bits per heavy atom. The van der Waals surface area contributed by atoms with E-state index in [1.54, 1.807) is 11.3 Å². The van der Waals surface area contributed by atoms with Gasteiger partial charge in [-0.25, -0.2) is 4.79 Å². The molecule has 0 saturated heterocycles. The number of carbonyl (C=O) groups is 1. The lowest BCUT2D eigenvalue weighted by Gasteiger charge is -2.21. The third-order valence-electron chi connectivity index (χ3n) is 2.06. The van der Waals surface area contributed by atoms with Gasteiger partial charge in [-0.2, -0.15) is 11.3 Å². The molecule has 0 fully saturated rings. The molecule has 3 nitrogen and oxygen atoms in total. The molecule has 0 unspecified atom stereocenters. The van der Waals surface area contributed by atoms with Gasteiger partial charge in [-0.3, -0.25) is 0 Å². The molecule has 15 heavy (non-hydrogen) atoms. The molecule has 1 aromatic heterocycles. The Hall–Kier alpha value is -1.03. The summed E-state index contributed by atoms with van der Waals surface area (Å²) < 4.78 is 0. The second kappa shape index (κ2) is 6.45. The molecule has 84 valence electrons. The van der Waals surface area contributed by atoms with Crippen LogP contribution in [-0.2, 0) is 6.54 Å². The Morgan fingerprint density at radius 3 is 2.87 bits per heavy atom. The van der Waals surface area contributed by atoms with Gasteiger partial charge < -0.3 is 10.2 Å². The summed E-state index contributed by atoms with van der Waals surface area (Å²) in [6.07, 6.45) is 0.987. The summed E-state index contributed by atoms with van der Waals surface area (Å²) in [5.74, 6) is 0. The number of nitrogens with zero attached hydrogens (tertiary/aromatic N) is 1. The lowest BCUT2D eigenvalue weighted by atomic mass is 10.3. The van der Waals surface area contributed by atoms with Crippen molar-refractivity contribution in [3.8, 4) is 0 Å². The number of urea groups is 1. The SMILES string of the molecule is CCCN(Cc1ccsc1)C(=O)NCC. The van der Waals surface area contributed by atoms with E-state index in [-0.39, 0.29) is 6.03 Å². The summed E-state index contributed by atoms with van der Waals surface area (Å²) in [7, 11) is 0. The first-order valence-corrected chi connectivity index (χ1v) is 6.26. The zero-order valence-electron chi connectivity index (χ0n) is 9.32. The van der Waals surface area contributed by atoms with Gasteiger partial charge in [0.2, 0.25) is 0 Å². The van der Waals surface area contributed by atoms with E-state index >= 15 is 0 Å². The summed E-state index contributed by atoms with van der Waals surface area (Å²) in [5.41, 5.74) is 1.21. The molecule has 1 rings (SSSR count). The van der Waals surface area contributed by atoms with Crippen LogP contribution in [0.15, 0.2) is 16.8 Å². The van der Waals surface area contributed by atoms with Crippen LogP contribution < -0.4 is 5.32 Å². The van der Waals surface area contributed by atoms with Gasteiger partial charge in [0.05, 0.1) is 0 Å². The Morgan fingerprint density at radius 1 is 1.53 bits per heavy atom. The zero-order chi connectivity index (χ0) is 11.1. The van der Waals surface area contributed by atoms with Crippen molar-refractivity contribution in [1.82, 2.24) is 10.2 Å². The molecule has 0 aliphatic carbocycles. The van der Waals surface area contributed by atoms with Crippen LogP contribution in [0.3, 0.4) is 0 Å². The fourth-order valence-electron chi connectivity index (χ4n) is 1.39. The minimum Gasteiger partial charge on any atom is -0.338 e. The largest absolute Gasteiger partial charge is 0.338 e. The first-order valence-electron chi connectivity index (χ1n) is 5.31. The second-order valence-electron chi connectivity index (χ2n) is 3.39. The highest BCUT2D eigenvalue weighted by Crippen LogP contribution is 2.09. The van der Waals surface area contributed by atoms with Crippen LogP contribution in [0.25, 0.3) is 0 Å². The average molecular weight is 226 g/mol. The summed E-state index contributed by atoms with van der Waals surface area (Å²) in [4.78, 5) is 13.5. The molecule has 1 heterocycles. The number of rotatable bonds is 5. The summed E-state index contributed by atoms with van der Waals surface area (Å²) in [6, 6.07) is 2.09. The van der Waals surface area contributed by atoms with Gasteiger partial charge in [0.25, 0.3) is 0 Å². The molecular formula is C11H18N2OS. The third-order valence-corrected chi connectivity index (χ3v) is 2.79. The van der Waals surface area contributed by atoms with Crippen molar-refractivity contribution in [3.63, 3.8) is 0 Å². The molecule has 2 amide bonds. The number of hydrogen-bond acceptors (Lipinski definition) is 2. The van der Waals surface area contributed by atoms with Crippen molar-refractivity contribution in [2.24, 2.45) is 0 Å². The van der Waals surface area contributed by atoms with Crippen molar-refractivity contribution < 1.29 is 4.79 Å². The van der Waals surface area contributed by atoms with E-state index in [9.17, 15) is 4.79 Å². The minimum absolute atomic E-state index is 0.0329. The topological polar surface area (TPSA) is 32.3 Å². The predicted molar refractivity (Wildman–Crippen MR) is 64.1 cm³/mol. The van der Waals surface area contributed by atoms with E-state index in [1.165, 1.54) is 5.56 Å². The van der Waals surface area contributed by atoms with Crippen LogP contribution >= 0.6 is 11.3 Å². The van der Waals surface area contributed by atoms with Crippen LogP contribution in [0.5, 0.6) is 0 Å². The standard InChI is InChI=1S/C11H18N2OS/c1-3-6-13(11(14)12-4-2)8-10-5-7-15-9-10/h5,7,9H,3-4,6,8H2,1-2H3,(H,12,14). The van der Waals surface area contributed by atoms with Gasteiger partial charge in [-0.05, 0) is 35.7 Å². The maximum atomic E-state index is 11.7. The van der Waals surface area contributed by atoms with Gasteiger partial charge in [0, 0.05) is 19.6 Å². The first kappa shape index (κ1) is 12.0. The molecule has 0 bridgehead atoms. The van der Waals surface area contributed by atoms with Gasteiger partial charge >= 0.3 is 6.03 Å². The predicted octanol–water partition coefficient (Wildman–Crippen LogP) is 2.69. The fraction of sp³-hybridized carbons (Fsp3) is 0.545. The molecule has 0 radical (unpaired) electrons. The van der Waals surface area contributed by atoms with Gasteiger partial charge in [-0.15, -0.1) is 0 Å². The molecule has 4 heteroatoms. The number of thiophene rings is 1. The van der Waals surface area contributed by atoms with E-state index in [0.29, 0.717) is 13.1 Å². The lowest BCUT2D eigenvalue weighted by molar-refractivity contribution is 0.196. The Balaban J connectivity index is 2.53. The lowest BCUT2D eigenvalue weighted by Crippen LogP contribution is -2.39. The van der Waals surface area contributed by atoms with Crippen LogP contribution in [0.2, 0.25) is 0 Å². The highest BCUT2D eigenvalue weighted by molar-refractivity contribution is 7.07. The van der Waals surface area contributed by atoms with Gasteiger partial charge in [0.1, 0.15) is 0 Å². The van der Waals surface area contributed by atoms with Crippen molar-refractivity contribution in [1.29, 1.82) is 0 Å². The molecule has 1 aromatic rings. The fourth-order valence-corrected chi connectivity index (χ4v) is 2.05. The maximum Gasteiger partial charge on any atom is 0.317 e. The smallest absolute Gasteiger partial charge is 0.317 e. The van der Waals surface area contributed by atoms with E-state index in [1.807, 2.05) is 17.2 Å². The molecule has 0 aromatic carbocycles. The number of hydrogen-bond donors (Lipinski definition) is 1. The second-order valence-corrected chi connectivity index (χ2v) is 4.17. The Labute approximate surface area is 95.1 Å². The Bertz CT molecular complexity index is 285. The zero-order valence-corrected chi connectivity index (χ0v) is 10.1. The molecule has 0 aliphatic heterocycles. The van der Waals surface area contributed by atoms with Crippen molar-refractivity contribution in [2.75, 3.05) is 13.1 Å². The van der Waals surface area contributed by atoms with E-state index in [4.69, 9.17) is 0 Å². The highest BCUT2D eigenvalue weighted by atomic mass is 32.1. The number of nitrogens with one attached hydrogen (secondary N) is 1. The average Bonchev–Trinajstić information content (AvgIpc) is 2.70. The van der Waals surface area contributed by atoms with Crippen LogP contribution in [-0.4, -0.2) is 24.0 Å². The van der Waals surface area contributed by atoms with Crippen LogP contribution in [0.1, 0.15) is 25.8 Å². The van der Waals surface area contributed by atoms with Crippen molar-refractivity contribution in [2.45, 2.75) is 26.8 Å². The normalized spacial score (nSPS) is 10.0. The van der Waals surface area contributed by atoms with Crippen LogP contribution in [0, 0.1) is 0 Å². The number of amides is 2. The summed E-state index contributed by atoms with van der Waals surface area (Å²) >= 11 is 1.67. The first-order chi connectivity index (χ1) is 7.27. The monoisotopic (exact) mass is 226 g/mol. The molecule has 0 saturated carbocycles. The van der Waals surface area contributed by atoms with E-state index in [2.05, 4.69) is 23.7 Å². The summed E-state index contributed by atoms with van der Waals surface area (Å²) in [5, 5.41) is 6.96. The van der Waals surface area contributed by atoms with Crippen molar-refractivity contribution >= 4 is 17.4 Å². The molecule has 1 N–H and O–H groups in total. The summed E-state index contributed by atoms with van der Waals surface area (Å²) in [6.45, 7) is 6.22. The molecule has 0 atom stereocenters. The van der Waals surface area contributed by atoms with E-state index < -0.39 is 0 Å². The Kier molecular flexibility index (Phi) is 5.18. The van der Waals surface area contributed by atoms with E-state index in [0.717, 1.165) is 13.0 Å². The van der Waals surface area contributed by atoms with Crippen LogP contribution in [0.4, 0.5) is 4.79 Å². The highest BCUT2D eigenvalue weighted by Gasteiger charge is 2.11. The quantitative estimate of drug-likeness (QED) is 0.822. The maximum absolute atomic E-state index is 11.7. The van der Waals surface area contributed by atoms with Gasteiger partial charge in [0.15, 0.2) is 0 Å². The third kappa shape index (κ3) is 3.91. The van der Waals surface area contributed by atoms with Crippen molar-refractivity contribution in [3.05, 3.63) is 22.4 Å². The molecular weight excluding hydrogens is 208 g/mol. The molecule has 0 aliphatic rings. The van der Waals surface area contributed by atoms with Gasteiger partial charge in [-0.1, -0.05) is 6.92 Å².